The normalized spacial score (nSPS) is 9.08. The molecule has 6 heteroatoms. The summed E-state index contributed by atoms with van der Waals surface area (Å²) in [5.41, 5.74) is 0.440. The number of halogens is 2. The van der Waals surface area contributed by atoms with Gasteiger partial charge in [0, 0.05) is 11.8 Å². The van der Waals surface area contributed by atoms with E-state index in [0.717, 1.165) is 0 Å². The van der Waals surface area contributed by atoms with Crippen molar-refractivity contribution < 1.29 is 9.90 Å². The van der Waals surface area contributed by atoms with E-state index >= 15 is 0 Å². The molecule has 4 nitrogen and oxygen atoms in total. The van der Waals surface area contributed by atoms with Gasteiger partial charge >= 0.3 is 5.97 Å². The number of hydrogen-bond acceptors (Lipinski definition) is 3. The van der Waals surface area contributed by atoms with Crippen molar-refractivity contribution in [2.24, 2.45) is 0 Å². The minimum Gasteiger partial charge on any atom is -0.481 e. The van der Waals surface area contributed by atoms with Gasteiger partial charge in [-0.05, 0) is 6.92 Å². The molecule has 0 aliphatic carbocycles. The Morgan fingerprint density at radius 2 is 2.31 bits per heavy atom. The predicted octanol–water partition coefficient (Wildman–Crippen LogP) is 1.49. The molecule has 1 heterocycles. The fourth-order valence-corrected chi connectivity index (χ4v) is 0.987. The molecule has 0 aliphatic rings. The Bertz CT molecular complexity index is 317. The van der Waals surface area contributed by atoms with Crippen LogP contribution >= 0.6 is 24.0 Å². The van der Waals surface area contributed by atoms with E-state index in [0.29, 0.717) is 11.4 Å². The van der Waals surface area contributed by atoms with Crippen LogP contribution in [0.15, 0.2) is 6.20 Å². The summed E-state index contributed by atoms with van der Waals surface area (Å²) < 4.78 is 0. The Balaban J connectivity index is 0.00000144. The molecule has 0 spiro atoms. The van der Waals surface area contributed by atoms with Gasteiger partial charge < -0.3 is 5.11 Å². The van der Waals surface area contributed by atoms with Crippen LogP contribution in [0.4, 0.5) is 0 Å². The van der Waals surface area contributed by atoms with Crippen LogP contribution in [0, 0.1) is 6.92 Å². The van der Waals surface area contributed by atoms with Gasteiger partial charge in [0.05, 0.1) is 6.42 Å². The predicted molar refractivity (Wildman–Crippen MR) is 50.4 cm³/mol. The summed E-state index contributed by atoms with van der Waals surface area (Å²) in [6.07, 6.45) is 1.29. The average Bonchev–Trinajstić information content (AvgIpc) is 1.94. The number of rotatable bonds is 2. The molecular weight excluding hydrogens is 215 g/mol. The third kappa shape index (κ3) is 3.57. The lowest BCUT2D eigenvalue weighted by Crippen LogP contribution is -2.03. The number of carboxylic acids is 1. The summed E-state index contributed by atoms with van der Waals surface area (Å²) in [5, 5.41) is 8.66. The van der Waals surface area contributed by atoms with Crippen molar-refractivity contribution in [3.05, 3.63) is 22.7 Å². The largest absolute Gasteiger partial charge is 0.481 e. The molecule has 1 rings (SSSR count). The van der Waals surface area contributed by atoms with Gasteiger partial charge in [0.1, 0.15) is 11.0 Å². The molecule has 1 aromatic rings. The van der Waals surface area contributed by atoms with Crippen LogP contribution in [0.5, 0.6) is 0 Å². The number of nitrogens with zero attached hydrogens (tertiary/aromatic N) is 2. The van der Waals surface area contributed by atoms with Crippen LogP contribution in [-0.4, -0.2) is 21.0 Å². The summed E-state index contributed by atoms with van der Waals surface area (Å²) in [4.78, 5) is 17.9. The van der Waals surface area contributed by atoms with Crippen LogP contribution in [0.3, 0.4) is 0 Å². The highest BCUT2D eigenvalue weighted by atomic mass is 35.5. The molecule has 0 aromatic carbocycles. The summed E-state index contributed by atoms with van der Waals surface area (Å²) in [6.45, 7) is 1.69. The second-order valence-corrected chi connectivity index (χ2v) is 2.66. The Labute approximate surface area is 86.4 Å². The van der Waals surface area contributed by atoms with E-state index in [1.54, 1.807) is 6.92 Å². The molecule has 0 radical (unpaired) electrons. The second kappa shape index (κ2) is 4.99. The maximum absolute atomic E-state index is 10.3. The quantitative estimate of drug-likeness (QED) is 0.771. The fraction of sp³-hybridized carbons (Fsp3) is 0.286. The zero-order valence-corrected chi connectivity index (χ0v) is 8.39. The van der Waals surface area contributed by atoms with Crippen molar-refractivity contribution in [3.63, 3.8) is 0 Å². The van der Waals surface area contributed by atoms with Crippen molar-refractivity contribution in [3.8, 4) is 0 Å². The minimum absolute atomic E-state index is 0. The van der Waals surface area contributed by atoms with Crippen LogP contribution in [-0.2, 0) is 11.2 Å². The molecule has 72 valence electrons. The number of hydrogen-bond donors (Lipinski definition) is 1. The fourth-order valence-electron chi connectivity index (χ4n) is 0.749. The van der Waals surface area contributed by atoms with E-state index in [-0.39, 0.29) is 24.0 Å². The Kier molecular flexibility index (Phi) is 4.66. The van der Waals surface area contributed by atoms with Crippen LogP contribution in [0.2, 0.25) is 5.15 Å². The van der Waals surface area contributed by atoms with E-state index in [1.165, 1.54) is 6.20 Å². The van der Waals surface area contributed by atoms with E-state index in [4.69, 9.17) is 16.7 Å². The van der Waals surface area contributed by atoms with Gasteiger partial charge in [-0.1, -0.05) is 11.6 Å². The Morgan fingerprint density at radius 1 is 1.69 bits per heavy atom. The molecule has 0 saturated heterocycles. The van der Waals surface area contributed by atoms with Gasteiger partial charge in [0.15, 0.2) is 0 Å². The van der Waals surface area contributed by atoms with Gasteiger partial charge in [-0.25, -0.2) is 9.97 Å². The van der Waals surface area contributed by atoms with E-state index < -0.39 is 5.97 Å². The maximum Gasteiger partial charge on any atom is 0.307 e. The lowest BCUT2D eigenvalue weighted by atomic mass is 10.2. The molecule has 0 bridgehead atoms. The molecule has 0 atom stereocenters. The van der Waals surface area contributed by atoms with Crippen LogP contribution in [0.1, 0.15) is 11.4 Å². The zero-order valence-electron chi connectivity index (χ0n) is 6.82. The van der Waals surface area contributed by atoms with Crippen LogP contribution in [0.25, 0.3) is 0 Å². The smallest absolute Gasteiger partial charge is 0.307 e. The summed E-state index contributed by atoms with van der Waals surface area (Å²) in [6, 6.07) is 0. The first-order valence-corrected chi connectivity index (χ1v) is 3.67. The highest BCUT2D eigenvalue weighted by molar-refractivity contribution is 6.30. The van der Waals surface area contributed by atoms with Gasteiger partial charge in [0.2, 0.25) is 0 Å². The van der Waals surface area contributed by atoms with Gasteiger partial charge in [0.25, 0.3) is 0 Å². The zero-order chi connectivity index (χ0) is 9.14. The molecule has 0 amide bonds. The first-order valence-electron chi connectivity index (χ1n) is 3.29. The van der Waals surface area contributed by atoms with Crippen molar-refractivity contribution in [2.45, 2.75) is 13.3 Å². The van der Waals surface area contributed by atoms with E-state index in [2.05, 4.69) is 9.97 Å². The average molecular weight is 223 g/mol. The van der Waals surface area contributed by atoms with Crippen molar-refractivity contribution in [2.75, 3.05) is 0 Å². The number of aromatic nitrogens is 2. The number of aryl methyl sites for hydroxylation is 1. The summed E-state index contributed by atoms with van der Waals surface area (Å²) in [5.74, 6) is -0.404. The molecule has 0 fully saturated rings. The standard InChI is InChI=1S/C7H7ClN2O2.ClH/c1-4-9-3-5(2-6(11)12)7(8)10-4;/h3H,2H2,1H3,(H,11,12);1H. The highest BCUT2D eigenvalue weighted by Gasteiger charge is 2.06. The van der Waals surface area contributed by atoms with E-state index in [9.17, 15) is 4.79 Å². The summed E-state index contributed by atoms with van der Waals surface area (Å²) in [7, 11) is 0. The Hall–Kier alpha value is -0.870. The highest BCUT2D eigenvalue weighted by Crippen LogP contribution is 2.11. The third-order valence-electron chi connectivity index (χ3n) is 1.27. The van der Waals surface area contributed by atoms with Crippen molar-refractivity contribution in [1.82, 2.24) is 9.97 Å². The Morgan fingerprint density at radius 3 is 2.77 bits per heavy atom. The molecule has 1 aromatic heterocycles. The van der Waals surface area contributed by atoms with Gasteiger partial charge in [-0.2, -0.15) is 0 Å². The van der Waals surface area contributed by atoms with Crippen molar-refractivity contribution >= 4 is 30.0 Å². The van der Waals surface area contributed by atoms with E-state index in [1.807, 2.05) is 0 Å². The topological polar surface area (TPSA) is 63.1 Å². The minimum atomic E-state index is -0.940. The number of carbonyl (C=O) groups is 1. The molecule has 0 saturated carbocycles. The number of aliphatic carboxylic acids is 1. The monoisotopic (exact) mass is 222 g/mol. The molecule has 13 heavy (non-hydrogen) atoms. The lowest BCUT2D eigenvalue weighted by Gasteiger charge is -1.99. The molecule has 1 N–H and O–H groups in total. The summed E-state index contributed by atoms with van der Waals surface area (Å²) >= 11 is 5.66. The maximum atomic E-state index is 10.3. The second-order valence-electron chi connectivity index (χ2n) is 2.30. The molecular formula is C7H8Cl2N2O2. The third-order valence-corrected chi connectivity index (χ3v) is 1.60. The number of carboxylic acid groups (broad SMARTS) is 1. The lowest BCUT2D eigenvalue weighted by molar-refractivity contribution is -0.136. The SMILES string of the molecule is Cc1ncc(CC(=O)O)c(Cl)n1.Cl. The molecule has 0 unspecified atom stereocenters. The van der Waals surface area contributed by atoms with Crippen molar-refractivity contribution in [1.29, 1.82) is 0 Å². The van der Waals surface area contributed by atoms with Gasteiger partial charge in [-0.3, -0.25) is 4.79 Å². The van der Waals surface area contributed by atoms with Crippen LogP contribution < -0.4 is 0 Å². The first kappa shape index (κ1) is 12.1. The van der Waals surface area contributed by atoms with Gasteiger partial charge in [-0.15, -0.1) is 12.4 Å². The first-order chi connectivity index (χ1) is 5.59. The molecule has 0 aliphatic heterocycles.